The van der Waals surface area contributed by atoms with Gasteiger partial charge in [-0.05, 0) is 77.2 Å². The Labute approximate surface area is 330 Å². The van der Waals surface area contributed by atoms with Gasteiger partial charge in [0.05, 0.1) is 5.41 Å². The molecule has 12 rings (SSSR count). The van der Waals surface area contributed by atoms with Crippen molar-refractivity contribution >= 4 is 21.5 Å². The third kappa shape index (κ3) is 4.57. The summed E-state index contributed by atoms with van der Waals surface area (Å²) in [6.07, 6.45) is 0. The van der Waals surface area contributed by atoms with Crippen LogP contribution in [0.2, 0.25) is 0 Å². The summed E-state index contributed by atoms with van der Waals surface area (Å²) < 4.78 is 0. The van der Waals surface area contributed by atoms with Crippen LogP contribution in [-0.4, -0.2) is 15.0 Å². The van der Waals surface area contributed by atoms with E-state index in [0.717, 1.165) is 33.4 Å². The average molecular weight is 724 g/mol. The third-order valence-electron chi connectivity index (χ3n) is 12.1. The van der Waals surface area contributed by atoms with Gasteiger partial charge in [0.1, 0.15) is 0 Å². The van der Waals surface area contributed by atoms with E-state index in [0.29, 0.717) is 17.5 Å². The van der Waals surface area contributed by atoms with E-state index in [1.165, 1.54) is 60.5 Å². The summed E-state index contributed by atoms with van der Waals surface area (Å²) >= 11 is 0. The van der Waals surface area contributed by atoms with Crippen molar-refractivity contribution in [2.24, 2.45) is 0 Å². The van der Waals surface area contributed by atoms with Crippen LogP contribution in [0.3, 0.4) is 0 Å². The summed E-state index contributed by atoms with van der Waals surface area (Å²) in [4.78, 5) is 15.5. The molecule has 3 heteroatoms. The topological polar surface area (TPSA) is 38.7 Å². The van der Waals surface area contributed by atoms with Gasteiger partial charge in [-0.1, -0.05) is 200 Å². The predicted octanol–water partition coefficient (Wildman–Crippen LogP) is 13.2. The van der Waals surface area contributed by atoms with Crippen LogP contribution in [0, 0.1) is 0 Å². The molecular weight excluding hydrogens is 691 g/mol. The molecule has 1 spiro atoms. The van der Waals surface area contributed by atoms with Gasteiger partial charge in [0.25, 0.3) is 0 Å². The second-order valence-electron chi connectivity index (χ2n) is 15.1. The first-order valence-corrected chi connectivity index (χ1v) is 19.5. The molecule has 57 heavy (non-hydrogen) atoms. The summed E-state index contributed by atoms with van der Waals surface area (Å²) in [5.74, 6) is 1.92. The lowest BCUT2D eigenvalue weighted by Gasteiger charge is -2.31. The number of benzene rings is 9. The fraction of sp³-hybridized carbons (Fsp3) is 0.0185. The van der Waals surface area contributed by atoms with Crippen LogP contribution < -0.4 is 0 Å². The molecule has 9 aromatic carbocycles. The molecule has 0 bridgehead atoms. The Morgan fingerprint density at radius 1 is 0.263 bits per heavy atom. The number of hydrogen-bond acceptors (Lipinski definition) is 3. The highest BCUT2D eigenvalue weighted by atomic mass is 15.0. The summed E-state index contributed by atoms with van der Waals surface area (Å²) in [6, 6.07) is 72.0. The summed E-state index contributed by atoms with van der Waals surface area (Å²) in [7, 11) is 0. The van der Waals surface area contributed by atoms with Crippen LogP contribution in [0.5, 0.6) is 0 Å². The smallest absolute Gasteiger partial charge is 0.164 e. The molecule has 1 aromatic heterocycles. The van der Waals surface area contributed by atoms with Crippen molar-refractivity contribution in [2.75, 3.05) is 0 Å². The van der Waals surface area contributed by atoms with E-state index >= 15 is 0 Å². The lowest BCUT2D eigenvalue weighted by atomic mass is 9.70. The average Bonchev–Trinajstić information content (AvgIpc) is 3.77. The molecule has 0 N–H and O–H groups in total. The first-order valence-electron chi connectivity index (χ1n) is 19.5. The highest BCUT2D eigenvalue weighted by molar-refractivity contribution is 6.18. The van der Waals surface area contributed by atoms with Crippen LogP contribution in [0.4, 0.5) is 0 Å². The number of nitrogens with zero attached hydrogens (tertiary/aromatic N) is 3. The van der Waals surface area contributed by atoms with E-state index in [9.17, 15) is 0 Å². The number of rotatable bonds is 5. The molecule has 10 aromatic rings. The Morgan fingerprint density at radius 3 is 1.37 bits per heavy atom. The van der Waals surface area contributed by atoms with Gasteiger partial charge in [-0.2, -0.15) is 0 Å². The maximum absolute atomic E-state index is 5.25. The van der Waals surface area contributed by atoms with E-state index < -0.39 is 5.41 Å². The van der Waals surface area contributed by atoms with Crippen molar-refractivity contribution in [3.8, 4) is 67.5 Å². The molecule has 0 saturated carbocycles. The Hall–Kier alpha value is -7.49. The molecule has 264 valence electrons. The van der Waals surface area contributed by atoms with Gasteiger partial charge < -0.3 is 0 Å². The molecule has 2 aliphatic carbocycles. The van der Waals surface area contributed by atoms with Crippen molar-refractivity contribution in [2.45, 2.75) is 5.41 Å². The van der Waals surface area contributed by atoms with Crippen LogP contribution in [0.1, 0.15) is 22.3 Å². The summed E-state index contributed by atoms with van der Waals surface area (Å²) in [5.41, 5.74) is 14.9. The Balaban J connectivity index is 1.08. The molecule has 0 unspecified atom stereocenters. The van der Waals surface area contributed by atoms with E-state index in [1.807, 2.05) is 24.3 Å². The zero-order valence-electron chi connectivity index (χ0n) is 30.9. The molecule has 0 fully saturated rings. The van der Waals surface area contributed by atoms with Gasteiger partial charge in [0, 0.05) is 16.7 Å². The van der Waals surface area contributed by atoms with Crippen molar-refractivity contribution in [1.82, 2.24) is 15.0 Å². The Morgan fingerprint density at radius 2 is 0.702 bits per heavy atom. The summed E-state index contributed by atoms with van der Waals surface area (Å²) in [5, 5.41) is 5.29. The van der Waals surface area contributed by atoms with Crippen LogP contribution in [0.15, 0.2) is 200 Å². The van der Waals surface area contributed by atoms with Crippen molar-refractivity contribution in [3.05, 3.63) is 222 Å². The van der Waals surface area contributed by atoms with Gasteiger partial charge >= 0.3 is 0 Å². The fourth-order valence-electron chi connectivity index (χ4n) is 9.76. The van der Waals surface area contributed by atoms with Crippen molar-refractivity contribution < 1.29 is 0 Å². The number of aromatic nitrogens is 3. The second kappa shape index (κ2) is 12.3. The quantitative estimate of drug-likeness (QED) is 0.166. The van der Waals surface area contributed by atoms with Gasteiger partial charge in [-0.25, -0.2) is 15.0 Å². The molecule has 1 heterocycles. The Kier molecular flexibility index (Phi) is 6.84. The van der Waals surface area contributed by atoms with Gasteiger partial charge in [0.2, 0.25) is 0 Å². The lowest BCUT2D eigenvalue weighted by Crippen LogP contribution is -2.26. The van der Waals surface area contributed by atoms with E-state index in [-0.39, 0.29) is 0 Å². The SMILES string of the molecule is c1ccc(-c2ccc(-c3nc(-c4ccccc4)nc(-c4ccccc4-c4cccc5c4-c4ccccc4C54c5cccc6ccc7cccc4c7c56)n3)cc2)cc1. The van der Waals surface area contributed by atoms with Crippen molar-refractivity contribution in [1.29, 1.82) is 0 Å². The standard InChI is InChI=1S/C54H33N3/c1-3-14-34(15-4-1)35-28-32-39(33-29-35)52-55-51(38-16-5-2-6-17-38)56-53(57-52)42-21-8-7-20-40(42)41-23-13-27-47-50(41)43-22-9-10-24-44(43)54(47)45-25-11-18-36-30-31-37-19-12-26-46(54)49(37)48(36)45/h1-33H. The van der Waals surface area contributed by atoms with Crippen LogP contribution in [-0.2, 0) is 5.41 Å². The molecule has 0 radical (unpaired) electrons. The van der Waals surface area contributed by atoms with Crippen molar-refractivity contribution in [3.63, 3.8) is 0 Å². The number of fused-ring (bicyclic) bond motifs is 7. The molecule has 3 nitrogen and oxygen atoms in total. The minimum absolute atomic E-state index is 0.438. The molecule has 0 aliphatic heterocycles. The minimum atomic E-state index is -0.438. The van der Waals surface area contributed by atoms with Crippen LogP contribution in [0.25, 0.3) is 89.1 Å². The van der Waals surface area contributed by atoms with Crippen LogP contribution >= 0.6 is 0 Å². The van der Waals surface area contributed by atoms with Gasteiger partial charge in [-0.15, -0.1) is 0 Å². The first-order chi connectivity index (χ1) is 28.3. The van der Waals surface area contributed by atoms with E-state index in [4.69, 9.17) is 15.0 Å². The highest BCUT2D eigenvalue weighted by Gasteiger charge is 2.51. The second-order valence-corrected chi connectivity index (χ2v) is 15.1. The molecule has 2 aliphatic rings. The maximum Gasteiger partial charge on any atom is 0.164 e. The fourth-order valence-corrected chi connectivity index (χ4v) is 9.76. The summed E-state index contributed by atoms with van der Waals surface area (Å²) in [6.45, 7) is 0. The third-order valence-corrected chi connectivity index (χ3v) is 12.1. The normalized spacial score (nSPS) is 13.1. The maximum atomic E-state index is 5.25. The van der Waals surface area contributed by atoms with E-state index in [2.05, 4.69) is 176 Å². The largest absolute Gasteiger partial charge is 0.208 e. The first kappa shape index (κ1) is 31.8. The lowest BCUT2D eigenvalue weighted by molar-refractivity contribution is 0.797. The Bertz CT molecular complexity index is 3160. The molecular formula is C54H33N3. The van der Waals surface area contributed by atoms with E-state index in [1.54, 1.807) is 0 Å². The monoisotopic (exact) mass is 723 g/mol. The molecule has 0 saturated heterocycles. The zero-order valence-corrected chi connectivity index (χ0v) is 30.9. The predicted molar refractivity (Wildman–Crippen MR) is 233 cm³/mol. The zero-order chi connectivity index (χ0) is 37.5. The molecule has 0 atom stereocenters. The highest BCUT2D eigenvalue weighted by Crippen LogP contribution is 2.63. The van der Waals surface area contributed by atoms with Gasteiger partial charge in [0.15, 0.2) is 17.5 Å². The minimum Gasteiger partial charge on any atom is -0.208 e. The molecule has 0 amide bonds. The van der Waals surface area contributed by atoms with Gasteiger partial charge in [-0.3, -0.25) is 0 Å². The number of hydrogen-bond donors (Lipinski definition) is 0.